The summed E-state index contributed by atoms with van der Waals surface area (Å²) in [4.78, 5) is 28.6. The fourth-order valence-electron chi connectivity index (χ4n) is 3.44. The van der Waals surface area contributed by atoms with Gasteiger partial charge in [-0.25, -0.2) is 4.98 Å². The Balaban J connectivity index is 1.27. The van der Waals surface area contributed by atoms with Crippen LogP contribution in [-0.2, 0) is 20.7 Å². The predicted octanol–water partition coefficient (Wildman–Crippen LogP) is 4.33. The molecule has 0 unspecified atom stereocenters. The quantitative estimate of drug-likeness (QED) is 0.465. The molecule has 152 valence electrons. The van der Waals surface area contributed by atoms with Gasteiger partial charge in [-0.05, 0) is 35.4 Å². The maximum Gasteiger partial charge on any atom is 0.306 e. The van der Waals surface area contributed by atoms with Gasteiger partial charge in [0.2, 0.25) is 0 Å². The molecule has 0 radical (unpaired) electrons. The van der Waals surface area contributed by atoms with Crippen LogP contribution < -0.4 is 5.32 Å². The lowest BCUT2D eigenvalue weighted by Crippen LogP contribution is -2.31. The van der Waals surface area contributed by atoms with Crippen molar-refractivity contribution in [2.45, 2.75) is 25.8 Å². The molecule has 1 amide bonds. The molecule has 4 aromatic rings. The molecule has 1 N–H and O–H groups in total. The summed E-state index contributed by atoms with van der Waals surface area (Å²) < 4.78 is 10.7. The van der Waals surface area contributed by atoms with Crippen LogP contribution in [0.4, 0.5) is 0 Å². The van der Waals surface area contributed by atoms with E-state index >= 15 is 0 Å². The summed E-state index contributed by atoms with van der Waals surface area (Å²) >= 11 is 0. The monoisotopic (exact) mass is 402 g/mol. The Bertz CT molecular complexity index is 1160. The van der Waals surface area contributed by atoms with Crippen LogP contribution in [0, 0.1) is 0 Å². The van der Waals surface area contributed by atoms with Gasteiger partial charge in [0, 0.05) is 6.42 Å². The number of carbonyl (C=O) groups excluding carboxylic acids is 2. The highest BCUT2D eigenvalue weighted by molar-refractivity contribution is 5.87. The number of rotatable bonds is 7. The third-order valence-corrected chi connectivity index (χ3v) is 4.91. The summed E-state index contributed by atoms with van der Waals surface area (Å²) in [6.45, 7) is 1.59. The van der Waals surface area contributed by atoms with E-state index < -0.39 is 5.97 Å². The van der Waals surface area contributed by atoms with Crippen molar-refractivity contribution < 1.29 is 18.7 Å². The van der Waals surface area contributed by atoms with Crippen molar-refractivity contribution in [3.05, 3.63) is 78.2 Å². The average Bonchev–Trinajstić information content (AvgIpc) is 3.19. The molecule has 0 bridgehead atoms. The Morgan fingerprint density at radius 1 is 1.03 bits per heavy atom. The van der Waals surface area contributed by atoms with Gasteiger partial charge in [0.1, 0.15) is 5.52 Å². The summed E-state index contributed by atoms with van der Waals surface area (Å²) in [5.74, 6) is -0.335. The zero-order chi connectivity index (χ0) is 20.9. The second-order valence-corrected chi connectivity index (χ2v) is 7.09. The number of oxazole rings is 1. The minimum absolute atomic E-state index is 0.0962. The molecular formula is C24H22N2O4. The summed E-state index contributed by atoms with van der Waals surface area (Å²) in [7, 11) is 0. The predicted molar refractivity (Wildman–Crippen MR) is 114 cm³/mol. The molecule has 6 nitrogen and oxygen atoms in total. The van der Waals surface area contributed by atoms with Gasteiger partial charge in [-0.2, -0.15) is 0 Å². The molecule has 0 saturated heterocycles. The van der Waals surface area contributed by atoms with Gasteiger partial charge in [0.15, 0.2) is 18.1 Å². The number of aromatic nitrogens is 1. The Kier molecular flexibility index (Phi) is 5.75. The van der Waals surface area contributed by atoms with Gasteiger partial charge in [-0.15, -0.1) is 0 Å². The number of esters is 1. The molecule has 1 aromatic heterocycles. The lowest BCUT2D eigenvalue weighted by Gasteiger charge is -2.16. The minimum atomic E-state index is -0.467. The van der Waals surface area contributed by atoms with Crippen molar-refractivity contribution in [1.29, 1.82) is 0 Å². The van der Waals surface area contributed by atoms with Crippen LogP contribution >= 0.6 is 0 Å². The van der Waals surface area contributed by atoms with Gasteiger partial charge in [0.25, 0.3) is 5.91 Å². The first-order valence-corrected chi connectivity index (χ1v) is 9.87. The number of hydrogen-bond acceptors (Lipinski definition) is 5. The molecular weight excluding hydrogens is 380 g/mol. The zero-order valence-corrected chi connectivity index (χ0v) is 16.6. The highest BCUT2D eigenvalue weighted by atomic mass is 16.5. The van der Waals surface area contributed by atoms with Crippen LogP contribution in [0.15, 0.2) is 71.1 Å². The van der Waals surface area contributed by atoms with Gasteiger partial charge >= 0.3 is 5.97 Å². The Hall–Kier alpha value is -3.67. The highest BCUT2D eigenvalue weighted by Gasteiger charge is 2.15. The lowest BCUT2D eigenvalue weighted by molar-refractivity contribution is -0.148. The second kappa shape index (κ2) is 8.78. The number of para-hydroxylation sites is 2. The van der Waals surface area contributed by atoms with E-state index in [1.165, 1.54) is 0 Å². The number of aryl methyl sites for hydroxylation is 1. The molecule has 0 fully saturated rings. The number of nitrogens with zero attached hydrogens (tertiary/aromatic N) is 1. The van der Waals surface area contributed by atoms with Crippen molar-refractivity contribution in [2.75, 3.05) is 6.61 Å². The fourth-order valence-corrected chi connectivity index (χ4v) is 3.44. The molecule has 1 atom stereocenters. The van der Waals surface area contributed by atoms with Crippen LogP contribution in [0.25, 0.3) is 21.9 Å². The van der Waals surface area contributed by atoms with Crippen molar-refractivity contribution >= 4 is 33.7 Å². The molecule has 6 heteroatoms. The molecule has 0 saturated carbocycles. The van der Waals surface area contributed by atoms with Gasteiger partial charge in [-0.3, -0.25) is 9.59 Å². The van der Waals surface area contributed by atoms with E-state index in [-0.39, 0.29) is 25.0 Å². The van der Waals surface area contributed by atoms with Crippen LogP contribution in [0.3, 0.4) is 0 Å². The number of hydrogen-bond donors (Lipinski definition) is 1. The van der Waals surface area contributed by atoms with E-state index in [9.17, 15) is 9.59 Å². The SMILES string of the molecule is C[C@H](NC(=O)COC(=O)CCc1nc2ccccc2o1)c1cccc2ccccc12. The molecule has 0 aliphatic rings. The number of carbonyl (C=O) groups is 2. The first-order valence-electron chi connectivity index (χ1n) is 9.87. The first kappa shape index (κ1) is 19.6. The normalized spacial score (nSPS) is 12.0. The first-order chi connectivity index (χ1) is 14.6. The summed E-state index contributed by atoms with van der Waals surface area (Å²) in [5.41, 5.74) is 2.45. The maximum absolute atomic E-state index is 12.2. The third-order valence-electron chi connectivity index (χ3n) is 4.91. The van der Waals surface area contributed by atoms with E-state index in [4.69, 9.17) is 9.15 Å². The maximum atomic E-state index is 12.2. The van der Waals surface area contributed by atoms with Crippen LogP contribution in [0.5, 0.6) is 0 Å². The molecule has 0 aliphatic heterocycles. The van der Waals surface area contributed by atoms with Gasteiger partial charge < -0.3 is 14.5 Å². The van der Waals surface area contributed by atoms with E-state index in [0.29, 0.717) is 17.9 Å². The van der Waals surface area contributed by atoms with Crippen molar-refractivity contribution in [3.8, 4) is 0 Å². The van der Waals surface area contributed by atoms with E-state index in [1.807, 2.05) is 73.7 Å². The third kappa shape index (κ3) is 4.49. The number of ether oxygens (including phenoxy) is 1. The summed E-state index contributed by atoms with van der Waals surface area (Å²) in [6, 6.07) is 21.2. The van der Waals surface area contributed by atoms with Crippen LogP contribution in [0.1, 0.15) is 30.8 Å². The largest absolute Gasteiger partial charge is 0.456 e. The number of benzene rings is 3. The van der Waals surface area contributed by atoms with Crippen LogP contribution in [0.2, 0.25) is 0 Å². The van der Waals surface area contributed by atoms with Gasteiger partial charge in [0.05, 0.1) is 12.5 Å². The molecule has 1 heterocycles. The van der Waals surface area contributed by atoms with E-state index in [2.05, 4.69) is 10.3 Å². The molecule has 0 aliphatic carbocycles. The fraction of sp³-hybridized carbons (Fsp3) is 0.208. The Morgan fingerprint density at radius 2 is 1.80 bits per heavy atom. The van der Waals surface area contributed by atoms with Gasteiger partial charge in [-0.1, -0.05) is 54.6 Å². The molecule has 30 heavy (non-hydrogen) atoms. The standard InChI is InChI=1S/C24H22N2O4/c1-16(18-10-6-8-17-7-2-3-9-19(17)18)25-22(27)15-29-24(28)14-13-23-26-20-11-4-5-12-21(20)30-23/h2-12,16H,13-15H2,1H3,(H,25,27)/t16-/m0/s1. The second-order valence-electron chi connectivity index (χ2n) is 7.09. The molecule has 4 rings (SSSR count). The summed E-state index contributed by atoms with van der Waals surface area (Å²) in [5, 5.41) is 5.09. The number of fused-ring (bicyclic) bond motifs is 2. The number of nitrogens with one attached hydrogen (secondary N) is 1. The average molecular weight is 402 g/mol. The number of amides is 1. The van der Waals surface area contributed by atoms with Crippen molar-refractivity contribution in [3.63, 3.8) is 0 Å². The van der Waals surface area contributed by atoms with Crippen molar-refractivity contribution in [2.24, 2.45) is 0 Å². The van der Waals surface area contributed by atoms with E-state index in [0.717, 1.165) is 21.9 Å². The molecule has 3 aromatic carbocycles. The highest BCUT2D eigenvalue weighted by Crippen LogP contribution is 2.24. The zero-order valence-electron chi connectivity index (χ0n) is 16.6. The smallest absolute Gasteiger partial charge is 0.306 e. The Labute approximate surface area is 173 Å². The van der Waals surface area contributed by atoms with E-state index in [1.54, 1.807) is 0 Å². The minimum Gasteiger partial charge on any atom is -0.456 e. The van der Waals surface area contributed by atoms with Crippen molar-refractivity contribution in [1.82, 2.24) is 10.3 Å². The Morgan fingerprint density at radius 3 is 2.67 bits per heavy atom. The molecule has 0 spiro atoms. The summed E-state index contributed by atoms with van der Waals surface area (Å²) in [6.07, 6.45) is 0.417. The topological polar surface area (TPSA) is 81.4 Å². The van der Waals surface area contributed by atoms with Crippen LogP contribution in [-0.4, -0.2) is 23.5 Å². The lowest BCUT2D eigenvalue weighted by atomic mass is 10.00.